The molecular weight excluding hydrogens is 401 g/mol. The van der Waals surface area contributed by atoms with E-state index in [1.54, 1.807) is 0 Å². The van der Waals surface area contributed by atoms with E-state index < -0.39 is 11.9 Å². The first-order valence-corrected chi connectivity index (χ1v) is 10.5. The van der Waals surface area contributed by atoms with Crippen LogP contribution in [0.1, 0.15) is 34.9 Å². The molecule has 0 amide bonds. The Labute approximate surface area is 172 Å². The molecule has 1 saturated heterocycles. The summed E-state index contributed by atoms with van der Waals surface area (Å²) in [5, 5.41) is 4.77. The molecule has 0 saturated carbocycles. The Kier molecular flexibility index (Phi) is 7.13. The van der Waals surface area contributed by atoms with E-state index in [0.29, 0.717) is 44.2 Å². The van der Waals surface area contributed by atoms with Crippen LogP contribution in [0.4, 0.5) is 13.2 Å². The number of halogens is 3. The van der Waals surface area contributed by atoms with Crippen molar-refractivity contribution in [2.75, 3.05) is 32.8 Å². The molecule has 5 nitrogen and oxygen atoms in total. The van der Waals surface area contributed by atoms with Gasteiger partial charge in [-0.1, -0.05) is 24.3 Å². The second-order valence-corrected chi connectivity index (χ2v) is 7.71. The second kappa shape index (κ2) is 9.58. The summed E-state index contributed by atoms with van der Waals surface area (Å²) >= 11 is 1.02. The number of thiazole rings is 1. The van der Waals surface area contributed by atoms with E-state index in [4.69, 9.17) is 4.74 Å². The zero-order chi connectivity index (χ0) is 20.9. The van der Waals surface area contributed by atoms with Crippen molar-refractivity contribution in [3.8, 4) is 0 Å². The third kappa shape index (κ3) is 5.70. The van der Waals surface area contributed by atoms with Gasteiger partial charge in [0.1, 0.15) is 6.10 Å². The maximum atomic E-state index is 12.7. The molecule has 1 unspecified atom stereocenters. The van der Waals surface area contributed by atoms with E-state index in [-0.39, 0.29) is 6.10 Å². The number of nitrogens with zero attached hydrogens (tertiary/aromatic N) is 3. The van der Waals surface area contributed by atoms with E-state index in [9.17, 15) is 13.2 Å². The fourth-order valence-electron chi connectivity index (χ4n) is 3.22. The Hall–Kier alpha value is -2.13. The molecule has 1 atom stereocenters. The van der Waals surface area contributed by atoms with E-state index >= 15 is 0 Å². The largest absolute Gasteiger partial charge is 0.434 e. The number of ether oxygens (including phenoxy) is 1. The third-order valence-corrected chi connectivity index (χ3v) is 5.57. The van der Waals surface area contributed by atoms with Gasteiger partial charge in [-0.25, -0.2) is 4.98 Å². The lowest BCUT2D eigenvalue weighted by atomic mass is 10.0. The normalized spacial score (nSPS) is 18.2. The monoisotopic (exact) mass is 426 g/mol. The summed E-state index contributed by atoms with van der Waals surface area (Å²) in [5.41, 5.74) is 1.52. The van der Waals surface area contributed by atoms with Crippen LogP contribution in [0.15, 0.2) is 34.6 Å². The molecule has 0 bridgehead atoms. The number of morpholine rings is 1. The minimum absolute atomic E-state index is 0.0397. The Morgan fingerprint density at radius 2 is 2.17 bits per heavy atom. The summed E-state index contributed by atoms with van der Waals surface area (Å²) in [4.78, 5) is 10.4. The van der Waals surface area contributed by atoms with Crippen LogP contribution in [0.2, 0.25) is 0 Å². The van der Waals surface area contributed by atoms with Crippen LogP contribution >= 0.6 is 11.3 Å². The maximum Gasteiger partial charge on any atom is 0.434 e. The number of aryl methyl sites for hydroxylation is 1. The second-order valence-electron chi connectivity index (χ2n) is 6.77. The van der Waals surface area contributed by atoms with Crippen LogP contribution in [-0.4, -0.2) is 48.6 Å². The number of hydrogen-bond acceptors (Lipinski definition) is 4. The Morgan fingerprint density at radius 3 is 2.86 bits per heavy atom. The molecule has 0 radical (unpaired) electrons. The molecule has 1 fully saturated rings. The quantitative estimate of drug-likeness (QED) is 0.579. The standard InChI is InChI=1S/C20H25F3N4OS/c1-3-24-19(25-9-8-18-26-17(13-29-18)20(21,22)23)27-10-11-28-16(12-27)15-7-5-4-6-14(15)2/h4-7,13,16H,3,8-12H2,1-2H3,(H,24,25). The lowest BCUT2D eigenvalue weighted by molar-refractivity contribution is -0.140. The SMILES string of the molecule is CCNC(=NCCc1nc(C(F)(F)F)cs1)N1CCOC(c2ccccc2C)C1. The number of aliphatic imine (C=N–C) groups is 1. The summed E-state index contributed by atoms with van der Waals surface area (Å²) in [6.07, 6.45) is -4.06. The highest BCUT2D eigenvalue weighted by atomic mass is 32.1. The van der Waals surface area contributed by atoms with Crippen molar-refractivity contribution in [3.63, 3.8) is 0 Å². The van der Waals surface area contributed by atoms with Gasteiger partial charge in [0.2, 0.25) is 0 Å². The van der Waals surface area contributed by atoms with Crippen molar-refractivity contribution >= 4 is 17.3 Å². The van der Waals surface area contributed by atoms with Gasteiger partial charge in [-0.15, -0.1) is 11.3 Å². The van der Waals surface area contributed by atoms with Gasteiger partial charge in [0.25, 0.3) is 0 Å². The minimum atomic E-state index is -4.40. The molecule has 158 valence electrons. The van der Waals surface area contributed by atoms with Gasteiger partial charge in [-0.2, -0.15) is 13.2 Å². The zero-order valence-electron chi connectivity index (χ0n) is 16.5. The molecule has 0 aliphatic carbocycles. The average Bonchev–Trinajstić information content (AvgIpc) is 3.17. The van der Waals surface area contributed by atoms with Gasteiger partial charge in [-0.3, -0.25) is 4.99 Å². The highest BCUT2D eigenvalue weighted by Crippen LogP contribution is 2.30. The predicted octanol–water partition coefficient (Wildman–Crippen LogP) is 4.05. The number of nitrogens with one attached hydrogen (secondary N) is 1. The molecule has 2 heterocycles. The van der Waals surface area contributed by atoms with E-state index in [2.05, 4.69) is 39.2 Å². The fraction of sp³-hybridized carbons (Fsp3) is 0.500. The molecule has 1 aliphatic rings. The first-order chi connectivity index (χ1) is 13.9. The van der Waals surface area contributed by atoms with Crippen LogP contribution in [0.5, 0.6) is 0 Å². The van der Waals surface area contributed by atoms with Gasteiger partial charge in [-0.05, 0) is 25.0 Å². The molecule has 1 aliphatic heterocycles. The zero-order valence-corrected chi connectivity index (χ0v) is 17.3. The fourth-order valence-corrected chi connectivity index (χ4v) is 4.01. The molecule has 1 N–H and O–H groups in total. The van der Waals surface area contributed by atoms with Gasteiger partial charge in [0, 0.05) is 31.4 Å². The summed E-state index contributed by atoms with van der Waals surface area (Å²) in [5.74, 6) is 0.752. The topological polar surface area (TPSA) is 49.8 Å². The molecule has 2 aromatic rings. The van der Waals surface area contributed by atoms with Gasteiger partial charge in [0.15, 0.2) is 11.7 Å². The van der Waals surface area contributed by atoms with Crippen LogP contribution in [0.3, 0.4) is 0 Å². The first kappa shape index (κ1) is 21.6. The molecular formula is C20H25F3N4OS. The van der Waals surface area contributed by atoms with Crippen LogP contribution in [-0.2, 0) is 17.3 Å². The van der Waals surface area contributed by atoms with E-state index in [0.717, 1.165) is 28.2 Å². The van der Waals surface area contributed by atoms with Gasteiger partial charge in [0.05, 0.1) is 18.2 Å². The first-order valence-electron chi connectivity index (χ1n) is 9.60. The average molecular weight is 427 g/mol. The Bertz CT molecular complexity index is 837. The lowest BCUT2D eigenvalue weighted by Gasteiger charge is -2.35. The molecule has 1 aromatic carbocycles. The van der Waals surface area contributed by atoms with E-state index in [1.165, 1.54) is 5.56 Å². The van der Waals surface area contributed by atoms with Crippen molar-refractivity contribution < 1.29 is 17.9 Å². The Morgan fingerprint density at radius 1 is 1.38 bits per heavy atom. The highest BCUT2D eigenvalue weighted by molar-refractivity contribution is 7.09. The number of guanidine groups is 1. The van der Waals surface area contributed by atoms with Crippen molar-refractivity contribution in [3.05, 3.63) is 51.5 Å². The van der Waals surface area contributed by atoms with Crippen molar-refractivity contribution in [1.82, 2.24) is 15.2 Å². The number of hydrogen-bond donors (Lipinski definition) is 1. The van der Waals surface area contributed by atoms with E-state index in [1.807, 2.05) is 19.1 Å². The van der Waals surface area contributed by atoms with Crippen LogP contribution < -0.4 is 5.32 Å². The Balaban J connectivity index is 1.65. The summed E-state index contributed by atoms with van der Waals surface area (Å²) in [6.45, 7) is 7.12. The van der Waals surface area contributed by atoms with Gasteiger partial charge >= 0.3 is 6.18 Å². The number of rotatable bonds is 5. The molecule has 9 heteroatoms. The molecule has 1 aromatic heterocycles. The molecule has 0 spiro atoms. The highest BCUT2D eigenvalue weighted by Gasteiger charge is 2.33. The third-order valence-electron chi connectivity index (χ3n) is 4.67. The molecule has 3 rings (SSSR count). The summed E-state index contributed by atoms with van der Waals surface area (Å²) < 4.78 is 44.0. The summed E-state index contributed by atoms with van der Waals surface area (Å²) in [7, 11) is 0. The maximum absolute atomic E-state index is 12.7. The van der Waals surface area contributed by atoms with Crippen LogP contribution in [0.25, 0.3) is 0 Å². The molecule has 29 heavy (non-hydrogen) atoms. The number of alkyl halides is 3. The predicted molar refractivity (Wildman–Crippen MR) is 108 cm³/mol. The van der Waals surface area contributed by atoms with Crippen LogP contribution in [0, 0.1) is 6.92 Å². The van der Waals surface area contributed by atoms with Crippen molar-refractivity contribution in [2.24, 2.45) is 4.99 Å². The van der Waals surface area contributed by atoms with Crippen molar-refractivity contribution in [1.29, 1.82) is 0 Å². The minimum Gasteiger partial charge on any atom is -0.370 e. The summed E-state index contributed by atoms with van der Waals surface area (Å²) in [6, 6.07) is 8.16. The van der Waals surface area contributed by atoms with Crippen molar-refractivity contribution in [2.45, 2.75) is 32.5 Å². The van der Waals surface area contributed by atoms with Gasteiger partial charge < -0.3 is 15.0 Å². The smallest absolute Gasteiger partial charge is 0.370 e. The lowest BCUT2D eigenvalue weighted by Crippen LogP contribution is -2.48. The number of benzene rings is 1. The number of aromatic nitrogens is 1.